The summed E-state index contributed by atoms with van der Waals surface area (Å²) in [6, 6.07) is 28.0. The standard InChI is InChI=1S/C27H24N2/c1-19-14-23-17-29(18-24(23)15-20(19)2)25-12-10-21(11-13-25)16-28-27-9-5-7-22-6-3-4-8-26(22)27/h3-16H,17-18H2,1-2H3. The van der Waals surface area contributed by atoms with E-state index in [2.05, 4.69) is 97.6 Å². The molecule has 5 rings (SSSR count). The van der Waals surface area contributed by atoms with Gasteiger partial charge in [-0.05, 0) is 65.3 Å². The van der Waals surface area contributed by atoms with Crippen molar-refractivity contribution in [2.75, 3.05) is 4.90 Å². The van der Waals surface area contributed by atoms with E-state index in [1.54, 1.807) is 0 Å². The Bertz CT molecular complexity index is 1180. The molecule has 0 saturated carbocycles. The molecular weight excluding hydrogens is 352 g/mol. The van der Waals surface area contributed by atoms with Crippen molar-refractivity contribution in [3.63, 3.8) is 0 Å². The Kier molecular flexibility index (Phi) is 4.40. The van der Waals surface area contributed by atoms with Crippen molar-refractivity contribution >= 4 is 28.4 Å². The number of hydrogen-bond acceptors (Lipinski definition) is 2. The molecule has 0 atom stereocenters. The first-order valence-corrected chi connectivity index (χ1v) is 10.1. The molecule has 0 aromatic heterocycles. The van der Waals surface area contributed by atoms with Crippen LogP contribution in [0, 0.1) is 13.8 Å². The number of fused-ring (bicyclic) bond motifs is 2. The molecule has 0 spiro atoms. The molecule has 2 heteroatoms. The molecule has 0 N–H and O–H groups in total. The van der Waals surface area contributed by atoms with Crippen molar-refractivity contribution in [1.82, 2.24) is 0 Å². The van der Waals surface area contributed by atoms with Gasteiger partial charge in [-0.25, -0.2) is 0 Å². The van der Waals surface area contributed by atoms with Gasteiger partial charge >= 0.3 is 0 Å². The van der Waals surface area contributed by atoms with Gasteiger partial charge in [0, 0.05) is 30.4 Å². The summed E-state index contributed by atoms with van der Waals surface area (Å²) in [4.78, 5) is 7.18. The fourth-order valence-electron chi connectivity index (χ4n) is 4.12. The molecule has 1 aliphatic heterocycles. The minimum atomic E-state index is 0.986. The second-order valence-electron chi connectivity index (χ2n) is 7.91. The van der Waals surface area contributed by atoms with Gasteiger partial charge in [0.05, 0.1) is 5.69 Å². The average Bonchev–Trinajstić information content (AvgIpc) is 3.15. The third-order valence-electron chi connectivity index (χ3n) is 5.92. The normalized spacial score (nSPS) is 13.4. The maximum atomic E-state index is 4.75. The van der Waals surface area contributed by atoms with Gasteiger partial charge < -0.3 is 4.90 Å². The van der Waals surface area contributed by atoms with Crippen molar-refractivity contribution in [2.24, 2.45) is 4.99 Å². The van der Waals surface area contributed by atoms with E-state index in [4.69, 9.17) is 4.99 Å². The van der Waals surface area contributed by atoms with Gasteiger partial charge in [0.15, 0.2) is 0 Å². The summed E-state index contributed by atoms with van der Waals surface area (Å²) in [6.07, 6.45) is 1.96. The molecule has 1 aliphatic rings. The van der Waals surface area contributed by atoms with Crippen molar-refractivity contribution < 1.29 is 0 Å². The van der Waals surface area contributed by atoms with Crippen molar-refractivity contribution in [3.05, 3.63) is 107 Å². The number of aliphatic imine (C=N–C) groups is 1. The van der Waals surface area contributed by atoms with E-state index in [1.807, 2.05) is 6.21 Å². The Balaban J connectivity index is 1.35. The fraction of sp³-hybridized carbons (Fsp3) is 0.148. The first-order valence-electron chi connectivity index (χ1n) is 10.1. The zero-order valence-corrected chi connectivity index (χ0v) is 16.9. The van der Waals surface area contributed by atoms with Gasteiger partial charge in [-0.3, -0.25) is 4.99 Å². The largest absolute Gasteiger partial charge is 0.363 e. The zero-order chi connectivity index (χ0) is 19.8. The van der Waals surface area contributed by atoms with Crippen molar-refractivity contribution in [3.8, 4) is 0 Å². The van der Waals surface area contributed by atoms with E-state index in [1.165, 1.54) is 38.7 Å². The molecule has 29 heavy (non-hydrogen) atoms. The molecule has 0 radical (unpaired) electrons. The molecule has 0 amide bonds. The highest BCUT2D eigenvalue weighted by Gasteiger charge is 2.19. The third-order valence-corrected chi connectivity index (χ3v) is 5.92. The summed E-state index contributed by atoms with van der Waals surface area (Å²) < 4.78 is 0. The van der Waals surface area contributed by atoms with Crippen LogP contribution in [-0.2, 0) is 13.1 Å². The van der Waals surface area contributed by atoms with E-state index in [0.717, 1.165) is 24.3 Å². The van der Waals surface area contributed by atoms with Crippen LogP contribution in [0.25, 0.3) is 10.8 Å². The first-order chi connectivity index (χ1) is 14.2. The van der Waals surface area contributed by atoms with Crippen LogP contribution in [0.2, 0.25) is 0 Å². The maximum absolute atomic E-state index is 4.75. The molecular formula is C27H24N2. The summed E-state index contributed by atoms with van der Waals surface area (Å²) in [5, 5.41) is 2.40. The Morgan fingerprint density at radius 3 is 2.14 bits per heavy atom. The Labute approximate surface area is 172 Å². The monoisotopic (exact) mass is 376 g/mol. The predicted octanol–water partition coefficient (Wildman–Crippen LogP) is 6.73. The average molecular weight is 377 g/mol. The second-order valence-corrected chi connectivity index (χ2v) is 7.91. The lowest BCUT2D eigenvalue weighted by Gasteiger charge is -2.17. The van der Waals surface area contributed by atoms with Crippen LogP contribution < -0.4 is 4.90 Å². The summed E-state index contributed by atoms with van der Waals surface area (Å²) in [7, 11) is 0. The highest BCUT2D eigenvalue weighted by Crippen LogP contribution is 2.30. The quantitative estimate of drug-likeness (QED) is 0.362. The summed E-state index contributed by atoms with van der Waals surface area (Å²) >= 11 is 0. The van der Waals surface area contributed by atoms with Gasteiger partial charge in [-0.1, -0.05) is 60.7 Å². The van der Waals surface area contributed by atoms with Gasteiger partial charge in [-0.15, -0.1) is 0 Å². The van der Waals surface area contributed by atoms with E-state index < -0.39 is 0 Å². The molecule has 2 nitrogen and oxygen atoms in total. The molecule has 0 unspecified atom stereocenters. The lowest BCUT2D eigenvalue weighted by atomic mass is 10.0. The van der Waals surface area contributed by atoms with E-state index in [9.17, 15) is 0 Å². The number of aryl methyl sites for hydroxylation is 2. The van der Waals surface area contributed by atoms with E-state index >= 15 is 0 Å². The smallest absolute Gasteiger partial charge is 0.0708 e. The predicted molar refractivity (Wildman–Crippen MR) is 123 cm³/mol. The van der Waals surface area contributed by atoms with Crippen LogP contribution in [0.4, 0.5) is 11.4 Å². The molecule has 4 aromatic rings. The van der Waals surface area contributed by atoms with Gasteiger partial charge in [0.2, 0.25) is 0 Å². The number of hydrogen-bond donors (Lipinski definition) is 0. The summed E-state index contributed by atoms with van der Waals surface area (Å²) in [5.41, 5.74) is 9.05. The van der Waals surface area contributed by atoms with Crippen molar-refractivity contribution in [2.45, 2.75) is 26.9 Å². The van der Waals surface area contributed by atoms with Crippen LogP contribution in [0.15, 0.2) is 83.9 Å². The lowest BCUT2D eigenvalue weighted by molar-refractivity contribution is 0.880. The van der Waals surface area contributed by atoms with Crippen LogP contribution >= 0.6 is 0 Å². The highest BCUT2D eigenvalue weighted by atomic mass is 15.1. The second kappa shape index (κ2) is 7.21. The third kappa shape index (κ3) is 3.42. The molecule has 0 aliphatic carbocycles. The minimum Gasteiger partial charge on any atom is -0.363 e. The maximum Gasteiger partial charge on any atom is 0.0708 e. The van der Waals surface area contributed by atoms with E-state index in [-0.39, 0.29) is 0 Å². The highest BCUT2D eigenvalue weighted by molar-refractivity contribution is 5.95. The van der Waals surface area contributed by atoms with Crippen LogP contribution in [0.3, 0.4) is 0 Å². The Hall–Kier alpha value is -3.39. The Morgan fingerprint density at radius 2 is 1.41 bits per heavy atom. The summed E-state index contributed by atoms with van der Waals surface area (Å²) in [6.45, 7) is 6.37. The van der Waals surface area contributed by atoms with Gasteiger partial charge in [0.25, 0.3) is 0 Å². The van der Waals surface area contributed by atoms with Crippen LogP contribution in [0.5, 0.6) is 0 Å². The molecule has 0 fully saturated rings. The Morgan fingerprint density at radius 1 is 0.759 bits per heavy atom. The summed E-state index contributed by atoms with van der Waals surface area (Å²) in [5.74, 6) is 0. The topological polar surface area (TPSA) is 15.6 Å². The molecule has 1 heterocycles. The number of rotatable bonds is 3. The fourth-order valence-corrected chi connectivity index (χ4v) is 4.12. The number of benzene rings is 4. The minimum absolute atomic E-state index is 0.986. The number of nitrogens with zero attached hydrogens (tertiary/aromatic N) is 2. The molecule has 4 aromatic carbocycles. The van der Waals surface area contributed by atoms with E-state index in [0.29, 0.717) is 0 Å². The molecule has 0 saturated heterocycles. The number of anilines is 1. The SMILES string of the molecule is Cc1cc2c(cc1C)CN(c1ccc(C=Nc3cccc4ccccc34)cc1)C2. The van der Waals surface area contributed by atoms with Crippen LogP contribution in [0.1, 0.15) is 27.8 Å². The molecule has 0 bridgehead atoms. The van der Waals surface area contributed by atoms with Crippen molar-refractivity contribution in [1.29, 1.82) is 0 Å². The van der Waals surface area contributed by atoms with Gasteiger partial charge in [-0.2, -0.15) is 0 Å². The first kappa shape index (κ1) is 17.7. The lowest BCUT2D eigenvalue weighted by Crippen LogP contribution is -2.14. The zero-order valence-electron chi connectivity index (χ0n) is 16.9. The van der Waals surface area contributed by atoms with Gasteiger partial charge in [0.1, 0.15) is 0 Å². The van der Waals surface area contributed by atoms with Crippen LogP contribution in [-0.4, -0.2) is 6.21 Å². The molecule has 142 valence electrons.